The molecule has 0 aliphatic heterocycles. The van der Waals surface area contributed by atoms with E-state index in [1.54, 1.807) is 0 Å². The Morgan fingerprint density at radius 2 is 1.76 bits per heavy atom. The summed E-state index contributed by atoms with van der Waals surface area (Å²) in [5.41, 5.74) is -0.310. The fourth-order valence-corrected chi connectivity index (χ4v) is 1.14. The number of carbonyl (C=O) groups is 2. The number of methoxy groups -OCH3 is 1. The van der Waals surface area contributed by atoms with Gasteiger partial charge < -0.3 is 20.1 Å². The van der Waals surface area contributed by atoms with Crippen LogP contribution >= 0.6 is 0 Å². The zero-order chi connectivity index (χ0) is 13.0. The molecule has 0 radical (unpaired) electrons. The Morgan fingerprint density at radius 3 is 2.18 bits per heavy atom. The van der Waals surface area contributed by atoms with E-state index in [9.17, 15) is 19.8 Å². The van der Waals surface area contributed by atoms with E-state index in [0.717, 1.165) is 24.3 Å². The van der Waals surface area contributed by atoms with Gasteiger partial charge in [0.2, 0.25) is 0 Å². The molecule has 0 fully saturated rings. The summed E-state index contributed by atoms with van der Waals surface area (Å²) in [4.78, 5) is 21.4. The molecule has 0 saturated heterocycles. The highest BCUT2D eigenvalue weighted by Crippen LogP contribution is 2.30. The second kappa shape index (κ2) is 5.02. The van der Waals surface area contributed by atoms with E-state index in [1.807, 2.05) is 0 Å². The highest BCUT2D eigenvalue weighted by Gasteiger charge is 2.11. The number of hydrogen-bond donors (Lipinski definition) is 3. The second-order valence-corrected chi connectivity index (χ2v) is 3.09. The molecule has 1 aromatic rings. The van der Waals surface area contributed by atoms with Crippen LogP contribution < -0.4 is 0 Å². The summed E-state index contributed by atoms with van der Waals surface area (Å²) in [6.45, 7) is 0. The van der Waals surface area contributed by atoms with E-state index >= 15 is 0 Å². The summed E-state index contributed by atoms with van der Waals surface area (Å²) in [6, 6.07) is 1.94. The fraction of sp³-hybridized carbons (Fsp3) is 0.0909. The van der Waals surface area contributed by atoms with Gasteiger partial charge in [0.25, 0.3) is 0 Å². The van der Waals surface area contributed by atoms with Crippen molar-refractivity contribution in [2.75, 3.05) is 7.11 Å². The standard InChI is InChI=1S/C11H10O6/c1-17-10(14)3-2-7-8(12)4-6(11(15)16)5-9(7)13/h2-5,12-13H,1H3,(H,15,16). The lowest BCUT2D eigenvalue weighted by Gasteiger charge is -2.04. The number of hydrogen-bond acceptors (Lipinski definition) is 5. The smallest absolute Gasteiger partial charge is 0.335 e. The molecule has 1 aromatic carbocycles. The van der Waals surface area contributed by atoms with Gasteiger partial charge in [0.15, 0.2) is 0 Å². The van der Waals surface area contributed by atoms with Gasteiger partial charge >= 0.3 is 11.9 Å². The highest BCUT2D eigenvalue weighted by molar-refractivity contribution is 5.91. The maximum atomic E-state index is 10.8. The zero-order valence-corrected chi connectivity index (χ0v) is 8.88. The second-order valence-electron chi connectivity index (χ2n) is 3.09. The lowest BCUT2D eigenvalue weighted by atomic mass is 10.1. The van der Waals surface area contributed by atoms with Crippen molar-refractivity contribution < 1.29 is 29.6 Å². The first-order valence-corrected chi connectivity index (χ1v) is 4.51. The molecule has 0 atom stereocenters. The van der Waals surface area contributed by atoms with E-state index in [1.165, 1.54) is 7.11 Å². The Morgan fingerprint density at radius 1 is 1.24 bits per heavy atom. The topological polar surface area (TPSA) is 104 Å². The fourth-order valence-electron chi connectivity index (χ4n) is 1.14. The third-order valence-corrected chi connectivity index (χ3v) is 1.97. The lowest BCUT2D eigenvalue weighted by Crippen LogP contribution is -1.97. The number of carboxylic acid groups (broad SMARTS) is 1. The number of benzene rings is 1. The van der Waals surface area contributed by atoms with E-state index < -0.39 is 23.4 Å². The van der Waals surface area contributed by atoms with Crippen molar-refractivity contribution in [2.24, 2.45) is 0 Å². The largest absolute Gasteiger partial charge is 0.507 e. The molecule has 0 aromatic heterocycles. The Hall–Kier alpha value is -2.50. The minimum atomic E-state index is -1.28. The SMILES string of the molecule is COC(=O)C=Cc1c(O)cc(C(=O)O)cc1O. The molecule has 3 N–H and O–H groups in total. The third-order valence-electron chi connectivity index (χ3n) is 1.97. The van der Waals surface area contributed by atoms with Crippen molar-refractivity contribution in [3.8, 4) is 11.5 Å². The summed E-state index contributed by atoms with van der Waals surface area (Å²) < 4.78 is 4.33. The van der Waals surface area contributed by atoms with Crippen LogP contribution in [0.15, 0.2) is 18.2 Å². The van der Waals surface area contributed by atoms with Gasteiger partial charge in [0.05, 0.1) is 18.2 Å². The third kappa shape index (κ3) is 2.97. The van der Waals surface area contributed by atoms with Crippen LogP contribution in [0.2, 0.25) is 0 Å². The summed E-state index contributed by atoms with van der Waals surface area (Å²) in [7, 11) is 1.18. The first kappa shape index (κ1) is 12.6. The van der Waals surface area contributed by atoms with Crippen molar-refractivity contribution in [2.45, 2.75) is 0 Å². The molecule has 0 unspecified atom stereocenters. The summed E-state index contributed by atoms with van der Waals surface area (Å²) in [5.74, 6) is -2.82. The number of phenols is 2. The molecule has 17 heavy (non-hydrogen) atoms. The summed E-state index contributed by atoms with van der Waals surface area (Å²) in [6.07, 6.45) is 2.12. The summed E-state index contributed by atoms with van der Waals surface area (Å²) in [5, 5.41) is 27.6. The van der Waals surface area contributed by atoms with Crippen molar-refractivity contribution in [3.63, 3.8) is 0 Å². The molecule has 0 amide bonds. The first-order valence-electron chi connectivity index (χ1n) is 4.51. The van der Waals surface area contributed by atoms with Crippen LogP contribution in [-0.2, 0) is 9.53 Å². The Bertz CT molecular complexity index is 466. The van der Waals surface area contributed by atoms with Crippen molar-refractivity contribution in [3.05, 3.63) is 29.3 Å². The molecule has 0 saturated carbocycles. The number of aromatic hydroxyl groups is 2. The molecule has 0 aliphatic carbocycles. The van der Waals surface area contributed by atoms with Gasteiger partial charge in [-0.05, 0) is 18.2 Å². The summed E-state index contributed by atoms with van der Waals surface area (Å²) >= 11 is 0. The number of ether oxygens (including phenoxy) is 1. The van der Waals surface area contributed by atoms with Gasteiger partial charge in [0.1, 0.15) is 11.5 Å². The molecular formula is C11H10O6. The molecule has 0 bridgehead atoms. The van der Waals surface area contributed by atoms with Crippen LogP contribution in [-0.4, -0.2) is 34.4 Å². The number of carbonyl (C=O) groups excluding carboxylic acids is 1. The predicted octanol–water partition coefficient (Wildman–Crippen LogP) is 0.982. The van der Waals surface area contributed by atoms with Gasteiger partial charge in [0, 0.05) is 6.08 Å². The van der Waals surface area contributed by atoms with Crippen LogP contribution in [0.4, 0.5) is 0 Å². The van der Waals surface area contributed by atoms with Gasteiger partial charge in [-0.25, -0.2) is 9.59 Å². The monoisotopic (exact) mass is 238 g/mol. The van der Waals surface area contributed by atoms with Crippen LogP contribution in [0.1, 0.15) is 15.9 Å². The molecule has 0 spiro atoms. The molecule has 6 nitrogen and oxygen atoms in total. The number of rotatable bonds is 3. The van der Waals surface area contributed by atoms with E-state index in [-0.39, 0.29) is 11.1 Å². The van der Waals surface area contributed by atoms with Gasteiger partial charge in [-0.15, -0.1) is 0 Å². The lowest BCUT2D eigenvalue weighted by molar-refractivity contribution is -0.134. The quantitative estimate of drug-likeness (QED) is 0.535. The van der Waals surface area contributed by atoms with Crippen molar-refractivity contribution in [1.82, 2.24) is 0 Å². The van der Waals surface area contributed by atoms with Crippen LogP contribution in [0, 0.1) is 0 Å². The minimum absolute atomic E-state index is 0.0552. The Kier molecular flexibility index (Phi) is 3.71. The van der Waals surface area contributed by atoms with Crippen molar-refractivity contribution >= 4 is 18.0 Å². The van der Waals surface area contributed by atoms with Crippen molar-refractivity contribution in [1.29, 1.82) is 0 Å². The van der Waals surface area contributed by atoms with Gasteiger partial charge in [-0.1, -0.05) is 0 Å². The molecule has 0 aliphatic rings. The maximum Gasteiger partial charge on any atom is 0.335 e. The maximum absolute atomic E-state index is 10.8. The first-order chi connectivity index (χ1) is 7.95. The van der Waals surface area contributed by atoms with Crippen LogP contribution in [0.25, 0.3) is 6.08 Å². The highest BCUT2D eigenvalue weighted by atomic mass is 16.5. The number of esters is 1. The zero-order valence-electron chi connectivity index (χ0n) is 8.88. The predicted molar refractivity (Wildman–Crippen MR) is 57.8 cm³/mol. The number of carboxylic acids is 1. The Labute approximate surface area is 96.4 Å². The molecule has 0 heterocycles. The van der Waals surface area contributed by atoms with E-state index in [0.29, 0.717) is 0 Å². The number of aromatic carboxylic acids is 1. The minimum Gasteiger partial charge on any atom is -0.507 e. The Balaban J connectivity index is 3.14. The van der Waals surface area contributed by atoms with Crippen LogP contribution in [0.3, 0.4) is 0 Å². The van der Waals surface area contributed by atoms with E-state index in [4.69, 9.17) is 5.11 Å². The van der Waals surface area contributed by atoms with Gasteiger partial charge in [-0.2, -0.15) is 0 Å². The molecule has 90 valence electrons. The normalized spacial score (nSPS) is 10.4. The molecule has 6 heteroatoms. The van der Waals surface area contributed by atoms with Gasteiger partial charge in [-0.3, -0.25) is 0 Å². The van der Waals surface area contributed by atoms with Crippen LogP contribution in [0.5, 0.6) is 11.5 Å². The van der Waals surface area contributed by atoms with E-state index in [2.05, 4.69) is 4.74 Å². The average molecular weight is 238 g/mol. The average Bonchev–Trinajstić information content (AvgIpc) is 2.27. The number of phenolic OH excluding ortho intramolecular Hbond substituents is 2. The molecular weight excluding hydrogens is 228 g/mol. The molecule has 1 rings (SSSR count).